The molecule has 2 aromatic rings. The minimum Gasteiger partial charge on any atom is -0.341 e. The van der Waals surface area contributed by atoms with Crippen LogP contribution in [0.2, 0.25) is 5.02 Å². The van der Waals surface area contributed by atoms with Crippen LogP contribution in [0.1, 0.15) is 20.3 Å². The molecule has 0 radical (unpaired) electrons. The number of halogens is 1. The summed E-state index contributed by atoms with van der Waals surface area (Å²) < 4.78 is 2.04. The molecule has 22 heavy (non-hydrogen) atoms. The van der Waals surface area contributed by atoms with Crippen LogP contribution in [0.4, 0.5) is 0 Å². The molecular weight excluding hydrogens is 336 g/mol. The van der Waals surface area contributed by atoms with E-state index in [1.165, 1.54) is 18.2 Å². The molecule has 6 heteroatoms. The number of carbonyl (C=O) groups is 1. The van der Waals surface area contributed by atoms with Gasteiger partial charge in [0.25, 0.3) is 0 Å². The average Bonchev–Trinajstić information content (AvgIpc) is 2.85. The molecule has 3 nitrogen and oxygen atoms in total. The predicted octanol–water partition coefficient (Wildman–Crippen LogP) is 4.55. The molecule has 1 aromatic carbocycles. The fourth-order valence-electron chi connectivity index (χ4n) is 3.02. The summed E-state index contributed by atoms with van der Waals surface area (Å²) in [5, 5.41) is 0.696. The number of fused-ring (bicyclic) bond motifs is 1. The van der Waals surface area contributed by atoms with Crippen molar-refractivity contribution in [3.05, 3.63) is 23.2 Å². The van der Waals surface area contributed by atoms with E-state index < -0.39 is 0 Å². The standard InChI is InChI=1S/C16H19ClN2OS2/c1-10-5-11(2)8-19(7-10)15(20)9-21-16-18-13-6-12(17)3-4-14(13)22-16/h3-4,6,10-11H,5,7-9H2,1-2H3/t10-,11-/m0/s1. The van der Waals surface area contributed by atoms with Crippen molar-refractivity contribution in [3.63, 3.8) is 0 Å². The number of piperidine rings is 1. The number of hydrogen-bond donors (Lipinski definition) is 0. The SMILES string of the molecule is C[C@H]1C[C@H](C)CN(C(=O)CSc2nc3cc(Cl)ccc3s2)C1. The van der Waals surface area contributed by atoms with Crippen molar-refractivity contribution in [2.24, 2.45) is 11.8 Å². The van der Waals surface area contributed by atoms with E-state index in [-0.39, 0.29) is 5.91 Å². The summed E-state index contributed by atoms with van der Waals surface area (Å²) in [6.45, 7) is 6.22. The van der Waals surface area contributed by atoms with Crippen LogP contribution in [0.25, 0.3) is 10.2 Å². The van der Waals surface area contributed by atoms with Crippen LogP contribution < -0.4 is 0 Å². The molecular formula is C16H19ClN2OS2. The monoisotopic (exact) mass is 354 g/mol. The van der Waals surface area contributed by atoms with Crippen molar-refractivity contribution >= 4 is 50.8 Å². The highest BCUT2D eigenvalue weighted by molar-refractivity contribution is 8.01. The van der Waals surface area contributed by atoms with Crippen molar-refractivity contribution in [1.29, 1.82) is 0 Å². The van der Waals surface area contributed by atoms with E-state index in [1.807, 2.05) is 23.1 Å². The van der Waals surface area contributed by atoms with E-state index in [0.717, 1.165) is 27.6 Å². The van der Waals surface area contributed by atoms with Gasteiger partial charge in [-0.3, -0.25) is 4.79 Å². The summed E-state index contributed by atoms with van der Waals surface area (Å²) >= 11 is 9.13. The minimum atomic E-state index is 0.223. The maximum absolute atomic E-state index is 12.4. The highest BCUT2D eigenvalue weighted by atomic mass is 35.5. The van der Waals surface area contributed by atoms with Gasteiger partial charge in [0.05, 0.1) is 16.0 Å². The van der Waals surface area contributed by atoms with E-state index in [0.29, 0.717) is 22.6 Å². The topological polar surface area (TPSA) is 33.2 Å². The first-order valence-corrected chi connectivity index (χ1v) is 9.66. The van der Waals surface area contributed by atoms with E-state index in [2.05, 4.69) is 18.8 Å². The number of benzene rings is 1. The maximum atomic E-state index is 12.4. The lowest BCUT2D eigenvalue weighted by Crippen LogP contribution is -2.43. The van der Waals surface area contributed by atoms with Crippen LogP contribution in [-0.4, -0.2) is 34.6 Å². The lowest BCUT2D eigenvalue weighted by molar-refractivity contribution is -0.130. The van der Waals surface area contributed by atoms with E-state index in [9.17, 15) is 4.79 Å². The predicted molar refractivity (Wildman–Crippen MR) is 94.9 cm³/mol. The summed E-state index contributed by atoms with van der Waals surface area (Å²) in [7, 11) is 0. The van der Waals surface area contributed by atoms with Crippen molar-refractivity contribution in [3.8, 4) is 0 Å². The second-order valence-electron chi connectivity index (χ2n) is 6.13. The molecule has 0 N–H and O–H groups in total. The van der Waals surface area contributed by atoms with Gasteiger partial charge >= 0.3 is 0 Å². The summed E-state index contributed by atoms with van der Waals surface area (Å²) in [5.74, 6) is 1.89. The van der Waals surface area contributed by atoms with Gasteiger partial charge < -0.3 is 4.90 Å². The van der Waals surface area contributed by atoms with Gasteiger partial charge in [0.2, 0.25) is 5.91 Å². The largest absolute Gasteiger partial charge is 0.341 e. The van der Waals surface area contributed by atoms with Crippen LogP contribution in [0, 0.1) is 11.8 Å². The van der Waals surface area contributed by atoms with Gasteiger partial charge in [-0.2, -0.15) is 0 Å². The highest BCUT2D eigenvalue weighted by Crippen LogP contribution is 2.31. The third kappa shape index (κ3) is 3.76. The van der Waals surface area contributed by atoms with Gasteiger partial charge in [0.1, 0.15) is 0 Å². The Morgan fingerprint density at radius 2 is 2.14 bits per heavy atom. The second-order valence-corrected chi connectivity index (χ2v) is 8.81. The number of carbonyl (C=O) groups excluding carboxylic acids is 1. The third-order valence-electron chi connectivity index (χ3n) is 3.87. The zero-order valence-electron chi connectivity index (χ0n) is 12.7. The molecule has 0 spiro atoms. The molecule has 1 aliphatic rings. The van der Waals surface area contributed by atoms with Crippen LogP contribution in [0.3, 0.4) is 0 Å². The van der Waals surface area contributed by atoms with Crippen molar-refractivity contribution < 1.29 is 4.79 Å². The maximum Gasteiger partial charge on any atom is 0.233 e. The van der Waals surface area contributed by atoms with Crippen LogP contribution >= 0.6 is 34.7 Å². The number of likely N-dealkylation sites (tertiary alicyclic amines) is 1. The molecule has 1 fully saturated rings. The lowest BCUT2D eigenvalue weighted by Gasteiger charge is -2.34. The Labute approximate surface area is 144 Å². The van der Waals surface area contributed by atoms with Gasteiger partial charge in [-0.15, -0.1) is 11.3 Å². The summed E-state index contributed by atoms with van der Waals surface area (Å²) in [5.41, 5.74) is 0.910. The van der Waals surface area contributed by atoms with E-state index in [1.54, 1.807) is 11.3 Å². The molecule has 0 unspecified atom stereocenters. The zero-order valence-corrected chi connectivity index (χ0v) is 15.1. The van der Waals surface area contributed by atoms with E-state index in [4.69, 9.17) is 11.6 Å². The van der Waals surface area contributed by atoms with Crippen LogP contribution in [0.5, 0.6) is 0 Å². The number of amides is 1. The first-order chi connectivity index (χ1) is 10.5. The van der Waals surface area contributed by atoms with Gasteiger partial charge in [-0.05, 0) is 36.5 Å². The Bertz CT molecular complexity index is 678. The summed E-state index contributed by atoms with van der Waals surface area (Å²) in [6.07, 6.45) is 1.22. The molecule has 118 valence electrons. The molecule has 0 saturated carbocycles. The van der Waals surface area contributed by atoms with Gasteiger partial charge in [-0.25, -0.2) is 4.98 Å². The minimum absolute atomic E-state index is 0.223. The molecule has 1 saturated heterocycles. The number of thiazole rings is 1. The normalized spacial score (nSPS) is 22.2. The summed E-state index contributed by atoms with van der Waals surface area (Å²) in [6, 6.07) is 5.72. The first kappa shape index (κ1) is 16.1. The third-order valence-corrected chi connectivity index (χ3v) is 6.27. The Morgan fingerprint density at radius 1 is 1.41 bits per heavy atom. The van der Waals surface area contributed by atoms with Crippen molar-refractivity contribution in [2.45, 2.75) is 24.6 Å². The molecule has 3 rings (SSSR count). The van der Waals surface area contributed by atoms with Crippen molar-refractivity contribution in [2.75, 3.05) is 18.8 Å². The zero-order chi connectivity index (χ0) is 15.7. The Morgan fingerprint density at radius 3 is 2.86 bits per heavy atom. The molecule has 0 aliphatic carbocycles. The fraction of sp³-hybridized carbons (Fsp3) is 0.500. The quantitative estimate of drug-likeness (QED) is 0.758. The Balaban J connectivity index is 1.62. The Kier molecular flexibility index (Phi) is 4.95. The highest BCUT2D eigenvalue weighted by Gasteiger charge is 2.25. The average molecular weight is 355 g/mol. The second kappa shape index (κ2) is 6.77. The fourth-order valence-corrected chi connectivity index (χ4v) is 5.14. The number of thioether (sulfide) groups is 1. The molecule has 1 amide bonds. The number of aromatic nitrogens is 1. The van der Waals surface area contributed by atoms with Crippen LogP contribution in [-0.2, 0) is 4.79 Å². The molecule has 2 atom stereocenters. The van der Waals surface area contributed by atoms with Crippen LogP contribution in [0.15, 0.2) is 22.5 Å². The molecule has 1 aliphatic heterocycles. The smallest absolute Gasteiger partial charge is 0.233 e. The number of nitrogens with zero attached hydrogens (tertiary/aromatic N) is 2. The van der Waals surface area contributed by atoms with E-state index >= 15 is 0 Å². The number of rotatable bonds is 3. The molecule has 1 aromatic heterocycles. The van der Waals surface area contributed by atoms with Crippen molar-refractivity contribution in [1.82, 2.24) is 9.88 Å². The molecule has 0 bridgehead atoms. The number of hydrogen-bond acceptors (Lipinski definition) is 4. The van der Waals surface area contributed by atoms with Gasteiger partial charge in [0, 0.05) is 18.1 Å². The first-order valence-electron chi connectivity index (χ1n) is 7.48. The Hall–Kier alpha value is -0.780. The lowest BCUT2D eigenvalue weighted by atomic mass is 9.92. The molecule has 2 heterocycles. The van der Waals surface area contributed by atoms with Gasteiger partial charge in [0.15, 0.2) is 4.34 Å². The van der Waals surface area contributed by atoms with Gasteiger partial charge in [-0.1, -0.05) is 37.2 Å². The summed E-state index contributed by atoms with van der Waals surface area (Å²) in [4.78, 5) is 18.9.